The summed E-state index contributed by atoms with van der Waals surface area (Å²) in [5.74, 6) is 0.178. The van der Waals surface area contributed by atoms with Crippen LogP contribution in [0.15, 0.2) is 54.6 Å². The van der Waals surface area contributed by atoms with E-state index in [0.717, 1.165) is 28.1 Å². The predicted octanol–water partition coefficient (Wildman–Crippen LogP) is 2.42. The van der Waals surface area contributed by atoms with Crippen LogP contribution in [0.5, 0.6) is 0 Å². The second kappa shape index (κ2) is 8.78. The Hall–Kier alpha value is -4.01. The van der Waals surface area contributed by atoms with Crippen molar-refractivity contribution in [3.8, 4) is 0 Å². The van der Waals surface area contributed by atoms with E-state index in [-0.39, 0.29) is 30.2 Å². The number of aryl methyl sites for hydroxylation is 1. The van der Waals surface area contributed by atoms with Gasteiger partial charge in [0, 0.05) is 12.1 Å². The maximum atomic E-state index is 12.8. The number of anilines is 3. The maximum absolute atomic E-state index is 12.8. The van der Waals surface area contributed by atoms with Crippen molar-refractivity contribution in [3.63, 3.8) is 0 Å². The number of hydrogen-bond donors (Lipinski definition) is 3. The molecule has 0 bridgehead atoms. The fourth-order valence-corrected chi connectivity index (χ4v) is 3.49. The molecular weight excluding hydrogens is 394 g/mol. The molecular formula is C22H23N7O2. The van der Waals surface area contributed by atoms with Crippen LogP contribution >= 0.6 is 0 Å². The van der Waals surface area contributed by atoms with Crippen LogP contribution in [0.2, 0.25) is 0 Å². The largest absolute Gasteiger partial charge is 0.368 e. The van der Waals surface area contributed by atoms with Crippen LogP contribution < -0.4 is 16.4 Å². The van der Waals surface area contributed by atoms with Gasteiger partial charge >= 0.3 is 6.03 Å². The molecule has 9 nitrogen and oxygen atoms in total. The number of imide groups is 1. The molecule has 158 valence electrons. The monoisotopic (exact) mass is 417 g/mol. The first-order valence-corrected chi connectivity index (χ1v) is 10.0. The summed E-state index contributed by atoms with van der Waals surface area (Å²) >= 11 is 0. The Balaban J connectivity index is 1.50. The highest BCUT2D eigenvalue weighted by atomic mass is 16.2. The summed E-state index contributed by atoms with van der Waals surface area (Å²) in [5, 5.41) is 5.87. The molecule has 1 unspecified atom stereocenters. The average Bonchev–Trinajstić information content (AvgIpc) is 3.02. The van der Waals surface area contributed by atoms with E-state index in [9.17, 15) is 9.59 Å². The van der Waals surface area contributed by atoms with E-state index in [2.05, 4.69) is 32.5 Å². The van der Waals surface area contributed by atoms with Gasteiger partial charge in [0.25, 0.3) is 5.91 Å². The van der Waals surface area contributed by atoms with Crippen LogP contribution in [-0.2, 0) is 24.2 Å². The summed E-state index contributed by atoms with van der Waals surface area (Å²) in [5.41, 5.74) is 8.78. The van der Waals surface area contributed by atoms with E-state index < -0.39 is 12.1 Å². The number of rotatable bonds is 7. The number of urea groups is 1. The van der Waals surface area contributed by atoms with Gasteiger partial charge in [-0.3, -0.25) is 9.69 Å². The summed E-state index contributed by atoms with van der Waals surface area (Å²) in [6.45, 7) is 1.96. The Bertz CT molecular complexity index is 1100. The molecule has 4 rings (SSSR count). The third-order valence-corrected chi connectivity index (χ3v) is 5.03. The molecule has 3 amide bonds. The Kier molecular flexibility index (Phi) is 5.74. The minimum Gasteiger partial charge on any atom is -0.368 e. The third-order valence-electron chi connectivity index (χ3n) is 5.03. The number of benzene rings is 2. The van der Waals surface area contributed by atoms with Gasteiger partial charge in [-0.1, -0.05) is 55.5 Å². The first kappa shape index (κ1) is 20.3. The van der Waals surface area contributed by atoms with E-state index in [1.807, 2.05) is 54.6 Å². The lowest BCUT2D eigenvalue weighted by atomic mass is 10.1. The maximum Gasteiger partial charge on any atom is 0.325 e. The number of nitrogens with one attached hydrogen (secondary N) is 2. The van der Waals surface area contributed by atoms with Crippen LogP contribution in [0, 0.1) is 0 Å². The van der Waals surface area contributed by atoms with Crippen LogP contribution in [-0.4, -0.2) is 37.8 Å². The van der Waals surface area contributed by atoms with Gasteiger partial charge in [-0.15, -0.1) is 0 Å². The SMILES string of the molecule is CCc1ccccc1Nc1nc(N)nc(CN2C(=O)NC(Cc3ccccc3)C2=O)n1. The Morgan fingerprint density at radius 1 is 1.03 bits per heavy atom. The molecule has 9 heteroatoms. The standard InChI is InChI=1S/C22H23N7O2/c1-2-15-10-6-7-11-16(15)24-21-27-18(26-20(23)28-21)13-29-19(30)17(25-22(29)31)12-14-8-4-3-5-9-14/h3-11,17H,2,12-13H2,1H3,(H,25,31)(H3,23,24,26,27,28). The topological polar surface area (TPSA) is 126 Å². The Labute approximate surface area is 179 Å². The fraction of sp³-hybridized carbons (Fsp3) is 0.227. The third kappa shape index (κ3) is 4.61. The van der Waals surface area contributed by atoms with Crippen molar-refractivity contribution in [1.82, 2.24) is 25.2 Å². The van der Waals surface area contributed by atoms with Gasteiger partial charge in [0.05, 0.1) is 6.54 Å². The van der Waals surface area contributed by atoms with Gasteiger partial charge in [0.15, 0.2) is 5.82 Å². The van der Waals surface area contributed by atoms with E-state index in [1.165, 1.54) is 0 Å². The second-order valence-corrected chi connectivity index (χ2v) is 7.19. The highest BCUT2D eigenvalue weighted by Crippen LogP contribution is 2.20. The van der Waals surface area contributed by atoms with Gasteiger partial charge in [-0.2, -0.15) is 15.0 Å². The number of amides is 3. The first-order chi connectivity index (χ1) is 15.0. The molecule has 1 atom stereocenters. The highest BCUT2D eigenvalue weighted by Gasteiger charge is 2.38. The molecule has 31 heavy (non-hydrogen) atoms. The van der Waals surface area contributed by atoms with Crippen molar-refractivity contribution in [2.75, 3.05) is 11.1 Å². The van der Waals surface area contributed by atoms with Crippen molar-refractivity contribution < 1.29 is 9.59 Å². The van der Waals surface area contributed by atoms with E-state index in [0.29, 0.717) is 6.42 Å². The highest BCUT2D eigenvalue weighted by molar-refractivity contribution is 6.04. The molecule has 0 saturated carbocycles. The van der Waals surface area contributed by atoms with Gasteiger partial charge in [0.2, 0.25) is 11.9 Å². The van der Waals surface area contributed by atoms with Gasteiger partial charge in [-0.25, -0.2) is 4.79 Å². The zero-order chi connectivity index (χ0) is 21.8. The number of aromatic nitrogens is 3. The first-order valence-electron chi connectivity index (χ1n) is 10.0. The summed E-state index contributed by atoms with van der Waals surface area (Å²) in [4.78, 5) is 38.9. The molecule has 0 radical (unpaired) electrons. The number of nitrogens with zero attached hydrogens (tertiary/aromatic N) is 4. The summed E-state index contributed by atoms with van der Waals surface area (Å²) in [6, 6.07) is 16.2. The lowest BCUT2D eigenvalue weighted by molar-refractivity contribution is -0.127. The van der Waals surface area contributed by atoms with Crippen molar-refractivity contribution in [3.05, 3.63) is 71.5 Å². The summed E-state index contributed by atoms with van der Waals surface area (Å²) in [7, 11) is 0. The molecule has 1 aromatic heterocycles. The van der Waals surface area contributed by atoms with Crippen molar-refractivity contribution in [2.45, 2.75) is 32.4 Å². The van der Waals surface area contributed by atoms with Crippen molar-refractivity contribution in [2.24, 2.45) is 0 Å². The van der Waals surface area contributed by atoms with E-state index >= 15 is 0 Å². The molecule has 2 aromatic carbocycles. The number of nitrogen functional groups attached to an aromatic ring is 1. The fourth-order valence-electron chi connectivity index (χ4n) is 3.49. The van der Waals surface area contributed by atoms with Gasteiger partial charge < -0.3 is 16.4 Å². The minimum atomic E-state index is -0.622. The lowest BCUT2D eigenvalue weighted by Gasteiger charge is -2.14. The zero-order valence-electron chi connectivity index (χ0n) is 17.1. The van der Waals surface area contributed by atoms with Gasteiger partial charge in [0.1, 0.15) is 6.04 Å². The van der Waals surface area contributed by atoms with E-state index in [4.69, 9.17) is 5.73 Å². The van der Waals surface area contributed by atoms with Gasteiger partial charge in [-0.05, 0) is 23.6 Å². The van der Waals surface area contributed by atoms with Crippen molar-refractivity contribution in [1.29, 1.82) is 0 Å². The molecule has 1 aliphatic heterocycles. The molecule has 2 heterocycles. The number of carbonyl (C=O) groups excluding carboxylic acids is 2. The number of hydrogen-bond acceptors (Lipinski definition) is 7. The average molecular weight is 417 g/mol. The van der Waals surface area contributed by atoms with Crippen LogP contribution in [0.1, 0.15) is 23.9 Å². The van der Waals surface area contributed by atoms with E-state index in [1.54, 1.807) is 0 Å². The molecule has 1 aliphatic rings. The number of nitrogens with two attached hydrogens (primary N) is 1. The molecule has 3 aromatic rings. The predicted molar refractivity (Wildman–Crippen MR) is 116 cm³/mol. The van der Waals surface area contributed by atoms with Crippen LogP contribution in [0.25, 0.3) is 0 Å². The molecule has 0 aliphatic carbocycles. The lowest BCUT2D eigenvalue weighted by Crippen LogP contribution is -2.32. The second-order valence-electron chi connectivity index (χ2n) is 7.19. The number of para-hydroxylation sites is 1. The Morgan fingerprint density at radius 3 is 2.55 bits per heavy atom. The quantitative estimate of drug-likeness (QED) is 0.504. The smallest absolute Gasteiger partial charge is 0.325 e. The summed E-state index contributed by atoms with van der Waals surface area (Å²) in [6.07, 6.45) is 1.25. The minimum absolute atomic E-state index is 0.00868. The molecule has 1 fully saturated rings. The molecule has 4 N–H and O–H groups in total. The molecule has 1 saturated heterocycles. The Morgan fingerprint density at radius 2 is 1.77 bits per heavy atom. The van der Waals surface area contributed by atoms with Crippen LogP contribution in [0.3, 0.4) is 0 Å². The molecule has 0 spiro atoms. The summed E-state index contributed by atoms with van der Waals surface area (Å²) < 4.78 is 0. The zero-order valence-corrected chi connectivity index (χ0v) is 17.1. The van der Waals surface area contributed by atoms with Crippen molar-refractivity contribution >= 4 is 29.5 Å². The number of carbonyl (C=O) groups is 2. The van der Waals surface area contributed by atoms with Crippen LogP contribution in [0.4, 0.5) is 22.4 Å². The normalized spacial score (nSPS) is 15.8.